The smallest absolute Gasteiger partial charge is 0.285 e. The summed E-state index contributed by atoms with van der Waals surface area (Å²) in [5.74, 6) is 0.414. The first-order chi connectivity index (χ1) is 15.3. The van der Waals surface area contributed by atoms with E-state index in [9.17, 15) is 19.7 Å². The first-order valence-corrected chi connectivity index (χ1v) is 10.7. The number of nitro benzene ring substituents is 1. The van der Waals surface area contributed by atoms with Gasteiger partial charge in [-0.15, -0.1) is 0 Å². The lowest BCUT2D eigenvalue weighted by atomic mass is 10.1. The van der Waals surface area contributed by atoms with Crippen molar-refractivity contribution in [2.45, 2.75) is 6.92 Å². The number of hydrogen-bond acceptors (Lipinski definition) is 8. The van der Waals surface area contributed by atoms with Crippen molar-refractivity contribution in [2.75, 3.05) is 19.9 Å². The topological polar surface area (TPSA) is 111 Å². The van der Waals surface area contributed by atoms with E-state index in [1.807, 2.05) is 6.07 Å². The van der Waals surface area contributed by atoms with Gasteiger partial charge in [-0.25, -0.2) is 0 Å². The Bertz CT molecular complexity index is 1180. The van der Waals surface area contributed by atoms with E-state index >= 15 is 0 Å². The maximum Gasteiger partial charge on any atom is 0.285 e. The summed E-state index contributed by atoms with van der Waals surface area (Å²) in [5.41, 5.74) is 0.911. The number of aryl methyl sites for hydroxylation is 1. The second kappa shape index (κ2) is 8.97. The van der Waals surface area contributed by atoms with Gasteiger partial charge in [0.1, 0.15) is 9.88 Å². The fraction of sp³-hybridized carbons (Fsp3) is 0.190. The number of carbonyl (C=O) groups is 2. The molecule has 2 heterocycles. The molecule has 2 amide bonds. The SMILES string of the molecule is Cc1cccc(C(=O)NCCN2C(=O)C(=Cc3ccc4c(c3)OCO4)SC2=S)c1[N+](=O)[O-]. The van der Waals surface area contributed by atoms with E-state index in [4.69, 9.17) is 21.7 Å². The molecule has 0 spiro atoms. The summed E-state index contributed by atoms with van der Waals surface area (Å²) in [7, 11) is 0. The minimum absolute atomic E-state index is 0.0249. The zero-order chi connectivity index (χ0) is 22.8. The number of carbonyl (C=O) groups excluding carboxylic acids is 2. The molecule has 0 atom stereocenters. The highest BCUT2D eigenvalue weighted by Gasteiger charge is 2.32. The van der Waals surface area contributed by atoms with Crippen molar-refractivity contribution >= 4 is 51.9 Å². The summed E-state index contributed by atoms with van der Waals surface area (Å²) < 4.78 is 11.0. The second-order valence-electron chi connectivity index (χ2n) is 6.93. The van der Waals surface area contributed by atoms with Crippen LogP contribution in [-0.2, 0) is 4.79 Å². The Morgan fingerprint density at radius 2 is 2.09 bits per heavy atom. The lowest BCUT2D eigenvalue weighted by Gasteiger charge is -2.15. The third kappa shape index (κ3) is 4.30. The van der Waals surface area contributed by atoms with Gasteiger partial charge in [0, 0.05) is 18.7 Å². The number of hydrogen-bond donors (Lipinski definition) is 1. The Balaban J connectivity index is 1.40. The van der Waals surface area contributed by atoms with Gasteiger partial charge in [-0.2, -0.15) is 0 Å². The lowest BCUT2D eigenvalue weighted by Crippen LogP contribution is -2.37. The minimum atomic E-state index is -0.582. The Morgan fingerprint density at radius 1 is 1.31 bits per heavy atom. The van der Waals surface area contributed by atoms with Crippen LogP contribution in [0.15, 0.2) is 41.3 Å². The molecule has 32 heavy (non-hydrogen) atoms. The standard InChI is InChI=1S/C21H17N3O6S2/c1-12-3-2-4-14(18(12)24(27)28)19(25)22-7-8-23-20(26)17(32-21(23)31)10-13-5-6-15-16(9-13)30-11-29-15/h2-6,9-10H,7-8,11H2,1H3,(H,22,25). The van der Waals surface area contributed by atoms with E-state index in [1.54, 1.807) is 37.3 Å². The van der Waals surface area contributed by atoms with Gasteiger partial charge in [-0.1, -0.05) is 42.2 Å². The van der Waals surface area contributed by atoms with Crippen LogP contribution in [0.3, 0.4) is 0 Å². The third-order valence-electron chi connectivity index (χ3n) is 4.85. The van der Waals surface area contributed by atoms with Crippen LogP contribution in [0.1, 0.15) is 21.5 Å². The van der Waals surface area contributed by atoms with Gasteiger partial charge < -0.3 is 14.8 Å². The van der Waals surface area contributed by atoms with Crippen LogP contribution >= 0.6 is 24.0 Å². The number of nitrogens with zero attached hydrogens (tertiary/aromatic N) is 2. The monoisotopic (exact) mass is 471 g/mol. The van der Waals surface area contributed by atoms with E-state index in [1.165, 1.54) is 22.7 Å². The van der Waals surface area contributed by atoms with E-state index in [-0.39, 0.29) is 37.0 Å². The number of rotatable bonds is 6. The molecule has 0 radical (unpaired) electrons. The number of benzene rings is 2. The van der Waals surface area contributed by atoms with Crippen LogP contribution in [0.4, 0.5) is 5.69 Å². The molecule has 0 aromatic heterocycles. The average Bonchev–Trinajstić information content (AvgIpc) is 3.32. The molecule has 1 fully saturated rings. The number of ether oxygens (including phenoxy) is 2. The van der Waals surface area contributed by atoms with Crippen molar-refractivity contribution < 1.29 is 24.0 Å². The molecule has 1 N–H and O–H groups in total. The predicted octanol–water partition coefficient (Wildman–Crippen LogP) is 3.26. The predicted molar refractivity (Wildman–Crippen MR) is 123 cm³/mol. The fourth-order valence-electron chi connectivity index (χ4n) is 3.31. The second-order valence-corrected chi connectivity index (χ2v) is 8.61. The molecule has 0 aliphatic carbocycles. The third-order valence-corrected chi connectivity index (χ3v) is 6.23. The molecule has 2 aromatic rings. The van der Waals surface area contributed by atoms with Crippen LogP contribution in [0.25, 0.3) is 6.08 Å². The molecule has 0 saturated carbocycles. The van der Waals surface area contributed by atoms with Gasteiger partial charge >= 0.3 is 0 Å². The van der Waals surface area contributed by atoms with Crippen molar-refractivity contribution in [2.24, 2.45) is 0 Å². The molecular weight excluding hydrogens is 454 g/mol. The zero-order valence-electron chi connectivity index (χ0n) is 16.8. The first kappa shape index (κ1) is 21.8. The molecule has 2 aromatic carbocycles. The van der Waals surface area contributed by atoms with Crippen LogP contribution < -0.4 is 14.8 Å². The van der Waals surface area contributed by atoms with Crippen molar-refractivity contribution in [3.63, 3.8) is 0 Å². The molecule has 0 bridgehead atoms. The van der Waals surface area contributed by atoms with Crippen molar-refractivity contribution in [3.05, 3.63) is 68.1 Å². The van der Waals surface area contributed by atoms with Gasteiger partial charge in [-0.05, 0) is 36.8 Å². The molecule has 4 rings (SSSR count). The summed E-state index contributed by atoms with van der Waals surface area (Å²) in [6.07, 6.45) is 1.72. The Hall–Kier alpha value is -3.44. The van der Waals surface area contributed by atoms with Crippen molar-refractivity contribution in [3.8, 4) is 11.5 Å². The van der Waals surface area contributed by atoms with E-state index in [2.05, 4.69) is 5.32 Å². The Morgan fingerprint density at radius 3 is 2.88 bits per heavy atom. The highest BCUT2D eigenvalue weighted by molar-refractivity contribution is 8.26. The number of nitrogens with one attached hydrogen (secondary N) is 1. The average molecular weight is 472 g/mol. The highest BCUT2D eigenvalue weighted by Crippen LogP contribution is 2.36. The number of para-hydroxylation sites is 1. The van der Waals surface area contributed by atoms with E-state index in [0.29, 0.717) is 26.3 Å². The van der Waals surface area contributed by atoms with Gasteiger partial charge in [0.2, 0.25) is 6.79 Å². The van der Waals surface area contributed by atoms with E-state index < -0.39 is 10.8 Å². The number of fused-ring (bicyclic) bond motifs is 1. The maximum atomic E-state index is 12.8. The van der Waals surface area contributed by atoms with Crippen LogP contribution in [0.2, 0.25) is 0 Å². The molecule has 11 heteroatoms. The van der Waals surface area contributed by atoms with Crippen molar-refractivity contribution in [1.29, 1.82) is 0 Å². The summed E-state index contributed by atoms with van der Waals surface area (Å²) in [5, 5.41) is 13.9. The van der Waals surface area contributed by atoms with Crippen LogP contribution in [0, 0.1) is 17.0 Å². The quantitative estimate of drug-likeness (QED) is 0.296. The van der Waals surface area contributed by atoms with Crippen molar-refractivity contribution in [1.82, 2.24) is 10.2 Å². The van der Waals surface area contributed by atoms with Gasteiger partial charge in [0.25, 0.3) is 17.5 Å². The Labute approximate surface area is 192 Å². The maximum absolute atomic E-state index is 12.8. The summed E-state index contributed by atoms with van der Waals surface area (Å²) in [6.45, 7) is 1.97. The highest BCUT2D eigenvalue weighted by atomic mass is 32.2. The van der Waals surface area contributed by atoms with Gasteiger partial charge in [-0.3, -0.25) is 24.6 Å². The van der Waals surface area contributed by atoms with Crippen LogP contribution in [-0.4, -0.2) is 45.8 Å². The largest absolute Gasteiger partial charge is 0.454 e. The minimum Gasteiger partial charge on any atom is -0.454 e. The summed E-state index contributed by atoms with van der Waals surface area (Å²) >= 11 is 6.48. The number of nitro groups is 1. The molecule has 1 saturated heterocycles. The molecule has 0 unspecified atom stereocenters. The summed E-state index contributed by atoms with van der Waals surface area (Å²) in [6, 6.07) is 9.92. The van der Waals surface area contributed by atoms with Gasteiger partial charge in [0.05, 0.1) is 9.83 Å². The number of thiocarbonyl (C=S) groups is 1. The van der Waals surface area contributed by atoms with E-state index in [0.717, 1.165) is 5.56 Å². The molecule has 9 nitrogen and oxygen atoms in total. The zero-order valence-corrected chi connectivity index (χ0v) is 18.5. The molecule has 2 aliphatic heterocycles. The summed E-state index contributed by atoms with van der Waals surface area (Å²) in [4.78, 5) is 37.8. The first-order valence-electron chi connectivity index (χ1n) is 9.52. The molecule has 2 aliphatic rings. The normalized spacial score (nSPS) is 16.0. The number of thioether (sulfide) groups is 1. The lowest BCUT2D eigenvalue weighted by molar-refractivity contribution is -0.385. The number of amides is 2. The Kier molecular flexibility index (Phi) is 6.10. The molecular formula is C21H17N3O6S2. The van der Waals surface area contributed by atoms with Crippen LogP contribution in [0.5, 0.6) is 11.5 Å². The fourth-order valence-corrected chi connectivity index (χ4v) is 4.62. The molecule has 164 valence electrons. The van der Waals surface area contributed by atoms with Gasteiger partial charge in [0.15, 0.2) is 11.5 Å².